The highest BCUT2D eigenvalue weighted by Crippen LogP contribution is 2.37. The van der Waals surface area contributed by atoms with Crippen LogP contribution in [0.3, 0.4) is 0 Å². The maximum absolute atomic E-state index is 13.1. The summed E-state index contributed by atoms with van der Waals surface area (Å²) in [7, 11) is 3.30. The lowest BCUT2D eigenvalue weighted by molar-refractivity contribution is -0.137. The number of imidazole rings is 1. The molecule has 192 valence electrons. The minimum atomic E-state index is -4.40. The van der Waals surface area contributed by atoms with E-state index < -0.39 is 11.7 Å². The number of nitrogens with one attached hydrogen (secondary N) is 2. The minimum absolute atomic E-state index is 0.286. The average molecular weight is 531 g/mol. The Morgan fingerprint density at radius 3 is 2.57 bits per heavy atom. The fourth-order valence-corrected chi connectivity index (χ4v) is 4.39. The smallest absolute Gasteiger partial charge is 0.416 e. The van der Waals surface area contributed by atoms with Gasteiger partial charge in [0.1, 0.15) is 23.0 Å². The first-order valence-electron chi connectivity index (χ1n) is 11.2. The van der Waals surface area contributed by atoms with Crippen molar-refractivity contribution in [3.63, 3.8) is 0 Å². The van der Waals surface area contributed by atoms with Crippen molar-refractivity contribution in [1.82, 2.24) is 19.5 Å². The third kappa shape index (κ3) is 5.05. The zero-order valence-electron chi connectivity index (χ0n) is 19.8. The fourth-order valence-electron chi connectivity index (χ4n) is 4.24. The maximum atomic E-state index is 13.1. The van der Waals surface area contributed by atoms with Crippen molar-refractivity contribution in [2.24, 2.45) is 0 Å². The van der Waals surface area contributed by atoms with Gasteiger partial charge in [0.15, 0.2) is 0 Å². The van der Waals surface area contributed by atoms with Crippen molar-refractivity contribution in [1.29, 1.82) is 0 Å². The van der Waals surface area contributed by atoms with Gasteiger partial charge >= 0.3 is 6.18 Å². The Morgan fingerprint density at radius 1 is 1.14 bits per heavy atom. The number of anilines is 3. The Hall–Kier alpha value is -3.83. The van der Waals surface area contributed by atoms with Crippen molar-refractivity contribution in [3.05, 3.63) is 82.5 Å². The number of halogens is 4. The zero-order valence-corrected chi connectivity index (χ0v) is 20.6. The van der Waals surface area contributed by atoms with Crippen LogP contribution in [0.1, 0.15) is 28.3 Å². The molecule has 0 radical (unpaired) electrons. The van der Waals surface area contributed by atoms with Crippen molar-refractivity contribution in [3.8, 4) is 11.4 Å². The van der Waals surface area contributed by atoms with Gasteiger partial charge in [-0.25, -0.2) is 9.97 Å². The van der Waals surface area contributed by atoms with E-state index in [1.165, 1.54) is 12.1 Å². The van der Waals surface area contributed by atoms with Gasteiger partial charge in [-0.3, -0.25) is 0 Å². The van der Waals surface area contributed by atoms with E-state index in [1.807, 2.05) is 12.1 Å². The number of alkyl halides is 3. The van der Waals surface area contributed by atoms with E-state index in [4.69, 9.17) is 26.1 Å². The van der Waals surface area contributed by atoms with Crippen LogP contribution in [-0.2, 0) is 17.5 Å². The topological polar surface area (TPSA) is 86.1 Å². The highest BCUT2D eigenvalue weighted by atomic mass is 35.5. The minimum Gasteiger partial charge on any atom is -0.494 e. The van der Waals surface area contributed by atoms with Gasteiger partial charge in [0.2, 0.25) is 5.95 Å². The third-order valence-electron chi connectivity index (χ3n) is 6.04. The molecule has 0 saturated carbocycles. The molecule has 3 heterocycles. The van der Waals surface area contributed by atoms with Crippen LogP contribution in [0, 0.1) is 0 Å². The van der Waals surface area contributed by atoms with E-state index in [1.54, 1.807) is 37.3 Å². The van der Waals surface area contributed by atoms with E-state index in [0.29, 0.717) is 46.2 Å². The highest BCUT2D eigenvalue weighted by Gasteiger charge is 2.32. The predicted octanol–water partition coefficient (Wildman–Crippen LogP) is 5.79. The summed E-state index contributed by atoms with van der Waals surface area (Å²) in [5.41, 5.74) is 2.83. The summed E-state index contributed by atoms with van der Waals surface area (Å²) >= 11 is 5.95. The van der Waals surface area contributed by atoms with Crippen molar-refractivity contribution >= 4 is 29.1 Å². The van der Waals surface area contributed by atoms with Crippen LogP contribution in [0.4, 0.5) is 30.6 Å². The largest absolute Gasteiger partial charge is 0.494 e. The normalized spacial score (nSPS) is 15.2. The number of methoxy groups -OCH3 is 1. The molecule has 0 saturated heterocycles. The molecule has 12 heteroatoms. The molecular formula is C25H22ClF3N6O2. The summed E-state index contributed by atoms with van der Waals surface area (Å²) in [5.74, 6) is 1.11. The van der Waals surface area contributed by atoms with Gasteiger partial charge in [-0.1, -0.05) is 23.7 Å². The number of aromatic nitrogens is 4. The van der Waals surface area contributed by atoms with Gasteiger partial charge in [0, 0.05) is 30.6 Å². The summed E-state index contributed by atoms with van der Waals surface area (Å²) in [5, 5.41) is 6.64. The summed E-state index contributed by atoms with van der Waals surface area (Å²) in [6, 6.07) is 10.5. The number of ether oxygens (including phenoxy) is 2. The average Bonchev–Trinajstić information content (AvgIpc) is 3.33. The van der Waals surface area contributed by atoms with Crippen molar-refractivity contribution < 1.29 is 22.6 Å². The van der Waals surface area contributed by atoms with Crippen LogP contribution in [0.5, 0.6) is 5.75 Å². The van der Waals surface area contributed by atoms with Crippen molar-refractivity contribution in [2.45, 2.75) is 18.7 Å². The Balaban J connectivity index is 1.48. The molecule has 0 fully saturated rings. The molecule has 1 atom stereocenters. The zero-order chi connectivity index (χ0) is 26.2. The van der Waals surface area contributed by atoms with Crippen LogP contribution in [-0.4, -0.2) is 40.3 Å². The van der Waals surface area contributed by atoms with Gasteiger partial charge in [-0.2, -0.15) is 18.2 Å². The van der Waals surface area contributed by atoms with E-state index in [-0.39, 0.29) is 12.5 Å². The first-order chi connectivity index (χ1) is 17.8. The molecule has 0 spiro atoms. The number of benzene rings is 2. The molecule has 37 heavy (non-hydrogen) atoms. The summed E-state index contributed by atoms with van der Waals surface area (Å²) in [6.07, 6.45) is -1.15. The maximum Gasteiger partial charge on any atom is 0.416 e. The second-order valence-corrected chi connectivity index (χ2v) is 8.70. The number of hydrogen-bond acceptors (Lipinski definition) is 7. The lowest BCUT2D eigenvalue weighted by Gasteiger charge is -2.27. The molecule has 1 aliphatic rings. The van der Waals surface area contributed by atoms with Gasteiger partial charge in [-0.05, 0) is 29.8 Å². The van der Waals surface area contributed by atoms with Crippen LogP contribution in [0.2, 0.25) is 5.15 Å². The molecule has 2 N–H and O–H groups in total. The quantitative estimate of drug-likeness (QED) is 0.326. The molecule has 2 aromatic carbocycles. The summed E-state index contributed by atoms with van der Waals surface area (Å²) in [6.45, 7) is 0.576. The van der Waals surface area contributed by atoms with Crippen LogP contribution in [0.25, 0.3) is 5.69 Å². The van der Waals surface area contributed by atoms with E-state index in [2.05, 4.69) is 20.6 Å². The van der Waals surface area contributed by atoms with E-state index in [0.717, 1.165) is 23.4 Å². The number of rotatable bonds is 6. The predicted molar refractivity (Wildman–Crippen MR) is 133 cm³/mol. The second-order valence-electron chi connectivity index (χ2n) is 8.31. The SMILES string of the molecule is CNc1nc(Nc2ccc(-n3cnc(Cl)c3)c(OC)c2)nc2c1COCC2c1ccc(C(F)(F)F)cc1. The molecule has 1 aliphatic heterocycles. The Labute approximate surface area is 215 Å². The first kappa shape index (κ1) is 24.8. The molecular weight excluding hydrogens is 509 g/mol. The standard InChI is InChI=1S/C25H22ClF3N6O2/c1-30-23-18-12-37-11-17(14-3-5-15(6-4-14)25(27,28)29)22(18)33-24(34-23)32-16-7-8-19(20(9-16)36-2)35-10-21(26)31-13-35/h3-10,13,17H,11-12H2,1-2H3,(H2,30,32,33,34). The molecule has 0 amide bonds. The monoisotopic (exact) mass is 530 g/mol. The summed E-state index contributed by atoms with van der Waals surface area (Å²) in [4.78, 5) is 13.4. The van der Waals surface area contributed by atoms with Crippen molar-refractivity contribution in [2.75, 3.05) is 31.4 Å². The van der Waals surface area contributed by atoms with E-state index >= 15 is 0 Å². The van der Waals surface area contributed by atoms with Gasteiger partial charge in [0.05, 0.1) is 43.2 Å². The number of fused-ring (bicyclic) bond motifs is 1. The molecule has 8 nitrogen and oxygen atoms in total. The summed E-state index contributed by atoms with van der Waals surface area (Å²) < 4.78 is 52.2. The molecule has 1 unspecified atom stereocenters. The van der Waals surface area contributed by atoms with Crippen LogP contribution < -0.4 is 15.4 Å². The van der Waals surface area contributed by atoms with Crippen LogP contribution in [0.15, 0.2) is 55.0 Å². The van der Waals surface area contributed by atoms with Gasteiger partial charge in [0.25, 0.3) is 0 Å². The fraction of sp³-hybridized carbons (Fsp3) is 0.240. The molecule has 4 aromatic rings. The number of hydrogen-bond donors (Lipinski definition) is 2. The molecule has 5 rings (SSSR count). The second kappa shape index (κ2) is 9.91. The van der Waals surface area contributed by atoms with Gasteiger partial charge in [-0.15, -0.1) is 0 Å². The molecule has 2 aromatic heterocycles. The van der Waals surface area contributed by atoms with E-state index in [9.17, 15) is 13.2 Å². The molecule has 0 bridgehead atoms. The van der Waals surface area contributed by atoms with Gasteiger partial charge < -0.3 is 24.7 Å². The third-order valence-corrected chi connectivity index (χ3v) is 6.24. The Morgan fingerprint density at radius 2 is 1.92 bits per heavy atom. The Bertz CT molecular complexity index is 1430. The van der Waals surface area contributed by atoms with Crippen LogP contribution >= 0.6 is 11.6 Å². The Kier molecular flexibility index (Phi) is 6.65. The lowest BCUT2D eigenvalue weighted by atomic mass is 9.91. The first-order valence-corrected chi connectivity index (χ1v) is 11.6. The number of nitrogens with zero attached hydrogens (tertiary/aromatic N) is 4. The lowest BCUT2D eigenvalue weighted by Crippen LogP contribution is -2.22. The molecule has 0 aliphatic carbocycles. The highest BCUT2D eigenvalue weighted by molar-refractivity contribution is 6.29.